The fourth-order valence-corrected chi connectivity index (χ4v) is 4.51. The maximum atomic E-state index is 13.3. The quantitative estimate of drug-likeness (QED) is 0.389. The lowest BCUT2D eigenvalue weighted by atomic mass is 10.1. The minimum atomic E-state index is -0.587. The number of halogens is 2. The summed E-state index contributed by atoms with van der Waals surface area (Å²) in [5.74, 6) is 0.383. The van der Waals surface area contributed by atoms with Crippen LogP contribution in [-0.2, 0) is 16.1 Å². The van der Waals surface area contributed by atoms with Gasteiger partial charge >= 0.3 is 0 Å². The molecule has 0 aliphatic heterocycles. The van der Waals surface area contributed by atoms with Crippen LogP contribution in [0.25, 0.3) is 0 Å². The first-order chi connectivity index (χ1) is 14.9. The molecule has 0 bridgehead atoms. The number of thioether (sulfide) groups is 1. The van der Waals surface area contributed by atoms with Crippen LogP contribution in [0.15, 0.2) is 53.4 Å². The van der Waals surface area contributed by atoms with Crippen LogP contribution < -0.4 is 5.32 Å². The number of nitrogens with one attached hydrogen (secondary N) is 1. The average Bonchev–Trinajstić information content (AvgIpc) is 2.76. The molecular formula is C24H30Cl2N2O2S. The van der Waals surface area contributed by atoms with Gasteiger partial charge < -0.3 is 10.2 Å². The number of hydrogen-bond donors (Lipinski definition) is 1. The standard InChI is InChI=1S/C24H30Cl2N2O2S/c1-4-17(3)27-24(30)22(5-2)28(16-19-20(25)12-9-13-21(19)26)23(29)14-15-31-18-10-7-6-8-11-18/h6-13,17,22H,4-5,14-16H2,1-3H3,(H,27,30)/t17-,22+/m1/s1. The summed E-state index contributed by atoms with van der Waals surface area (Å²) in [6, 6.07) is 14.7. The van der Waals surface area contributed by atoms with E-state index in [1.165, 1.54) is 0 Å². The van der Waals surface area contributed by atoms with Gasteiger partial charge in [0.1, 0.15) is 6.04 Å². The monoisotopic (exact) mass is 480 g/mol. The van der Waals surface area contributed by atoms with Crippen molar-refractivity contribution in [3.63, 3.8) is 0 Å². The lowest BCUT2D eigenvalue weighted by Crippen LogP contribution is -2.50. The summed E-state index contributed by atoms with van der Waals surface area (Å²) in [6.07, 6.45) is 1.64. The number of carbonyl (C=O) groups is 2. The van der Waals surface area contributed by atoms with Crippen molar-refractivity contribution in [2.24, 2.45) is 0 Å². The van der Waals surface area contributed by atoms with Crippen LogP contribution in [0, 0.1) is 0 Å². The summed E-state index contributed by atoms with van der Waals surface area (Å²) in [5.41, 5.74) is 0.657. The van der Waals surface area contributed by atoms with E-state index in [9.17, 15) is 9.59 Å². The third-order valence-corrected chi connectivity index (χ3v) is 6.83. The highest BCUT2D eigenvalue weighted by atomic mass is 35.5. The Morgan fingerprint density at radius 3 is 2.23 bits per heavy atom. The molecule has 168 valence electrons. The first-order valence-electron chi connectivity index (χ1n) is 10.6. The number of benzene rings is 2. The van der Waals surface area contributed by atoms with Gasteiger partial charge in [-0.25, -0.2) is 0 Å². The van der Waals surface area contributed by atoms with Crippen molar-refractivity contribution in [2.75, 3.05) is 5.75 Å². The summed E-state index contributed by atoms with van der Waals surface area (Å²) in [4.78, 5) is 29.0. The Morgan fingerprint density at radius 2 is 1.65 bits per heavy atom. The van der Waals surface area contributed by atoms with Gasteiger partial charge in [-0.1, -0.05) is 61.3 Å². The summed E-state index contributed by atoms with van der Waals surface area (Å²) >= 11 is 14.4. The van der Waals surface area contributed by atoms with Crippen molar-refractivity contribution < 1.29 is 9.59 Å². The minimum absolute atomic E-state index is 0.0380. The van der Waals surface area contributed by atoms with Crippen molar-refractivity contribution in [3.8, 4) is 0 Å². The molecule has 0 aliphatic rings. The lowest BCUT2D eigenvalue weighted by Gasteiger charge is -2.32. The van der Waals surface area contributed by atoms with Crippen LogP contribution in [0.4, 0.5) is 0 Å². The van der Waals surface area contributed by atoms with E-state index in [4.69, 9.17) is 23.2 Å². The van der Waals surface area contributed by atoms with Crippen LogP contribution >= 0.6 is 35.0 Å². The second-order valence-corrected chi connectivity index (χ2v) is 9.36. The molecule has 0 unspecified atom stereocenters. The zero-order valence-electron chi connectivity index (χ0n) is 18.2. The third-order valence-electron chi connectivity index (χ3n) is 5.10. The summed E-state index contributed by atoms with van der Waals surface area (Å²) in [5, 5.41) is 3.98. The molecule has 2 amide bonds. The molecular weight excluding hydrogens is 451 g/mol. The van der Waals surface area contributed by atoms with Crippen LogP contribution in [-0.4, -0.2) is 34.6 Å². The average molecular weight is 481 g/mol. The van der Waals surface area contributed by atoms with E-state index in [1.54, 1.807) is 34.9 Å². The molecule has 0 heterocycles. The predicted octanol–water partition coefficient (Wildman–Crippen LogP) is 6.20. The highest BCUT2D eigenvalue weighted by Crippen LogP contribution is 2.28. The molecule has 0 aliphatic carbocycles. The van der Waals surface area contributed by atoms with E-state index >= 15 is 0 Å². The van der Waals surface area contributed by atoms with E-state index in [1.807, 2.05) is 51.1 Å². The molecule has 0 fully saturated rings. The first-order valence-corrected chi connectivity index (χ1v) is 12.3. The first kappa shape index (κ1) is 25.6. The van der Waals surface area contributed by atoms with Crippen molar-refractivity contribution in [3.05, 3.63) is 64.1 Å². The van der Waals surface area contributed by atoms with Gasteiger partial charge in [0.15, 0.2) is 0 Å². The molecule has 2 aromatic carbocycles. The van der Waals surface area contributed by atoms with Gasteiger partial charge in [0, 0.05) is 45.3 Å². The Hall–Kier alpha value is -1.69. The van der Waals surface area contributed by atoms with Gasteiger partial charge in [-0.2, -0.15) is 0 Å². The maximum absolute atomic E-state index is 13.3. The van der Waals surface area contributed by atoms with Crippen molar-refractivity contribution in [1.29, 1.82) is 0 Å². The summed E-state index contributed by atoms with van der Waals surface area (Å²) in [7, 11) is 0. The van der Waals surface area contributed by atoms with E-state index in [-0.39, 0.29) is 24.4 Å². The molecule has 0 spiro atoms. The fourth-order valence-electron chi connectivity index (χ4n) is 3.13. The van der Waals surface area contributed by atoms with E-state index < -0.39 is 6.04 Å². The summed E-state index contributed by atoms with van der Waals surface area (Å²) in [6.45, 7) is 6.07. The lowest BCUT2D eigenvalue weighted by molar-refractivity contribution is -0.141. The zero-order chi connectivity index (χ0) is 22.8. The molecule has 2 rings (SSSR count). The Bertz CT molecular complexity index is 844. The van der Waals surface area contributed by atoms with Crippen LogP contribution in [0.2, 0.25) is 10.0 Å². The van der Waals surface area contributed by atoms with Gasteiger partial charge in [-0.05, 0) is 44.0 Å². The molecule has 2 atom stereocenters. The SMILES string of the molecule is CC[C@@H](C)NC(=O)[C@H](CC)N(Cc1c(Cl)cccc1Cl)C(=O)CCSc1ccccc1. The predicted molar refractivity (Wildman–Crippen MR) is 131 cm³/mol. The fraction of sp³-hybridized carbons (Fsp3) is 0.417. The second kappa shape index (κ2) is 13.0. The Kier molecular flexibility index (Phi) is 10.7. The molecule has 4 nitrogen and oxygen atoms in total. The van der Waals surface area contributed by atoms with E-state index in [0.29, 0.717) is 34.2 Å². The molecule has 0 saturated heterocycles. The Balaban J connectivity index is 2.20. The van der Waals surface area contributed by atoms with Gasteiger partial charge in [-0.3, -0.25) is 9.59 Å². The van der Waals surface area contributed by atoms with Crippen molar-refractivity contribution >= 4 is 46.8 Å². The molecule has 0 saturated carbocycles. The number of hydrogen-bond acceptors (Lipinski definition) is 3. The summed E-state index contributed by atoms with van der Waals surface area (Å²) < 4.78 is 0. The number of carbonyl (C=O) groups excluding carboxylic acids is 2. The number of rotatable bonds is 11. The smallest absolute Gasteiger partial charge is 0.243 e. The molecule has 1 N–H and O–H groups in total. The minimum Gasteiger partial charge on any atom is -0.352 e. The van der Waals surface area contributed by atoms with Crippen molar-refractivity contribution in [1.82, 2.24) is 10.2 Å². The van der Waals surface area contributed by atoms with Gasteiger partial charge in [0.05, 0.1) is 0 Å². The normalized spacial score (nSPS) is 12.8. The number of amides is 2. The molecule has 7 heteroatoms. The second-order valence-electron chi connectivity index (χ2n) is 7.38. The van der Waals surface area contributed by atoms with Crippen molar-refractivity contribution in [2.45, 2.75) is 63.6 Å². The van der Waals surface area contributed by atoms with Crippen LogP contribution in [0.1, 0.15) is 45.6 Å². The topological polar surface area (TPSA) is 49.4 Å². The van der Waals surface area contributed by atoms with E-state index in [0.717, 1.165) is 11.3 Å². The van der Waals surface area contributed by atoms with Gasteiger partial charge in [-0.15, -0.1) is 11.8 Å². The van der Waals surface area contributed by atoms with E-state index in [2.05, 4.69) is 5.32 Å². The zero-order valence-corrected chi connectivity index (χ0v) is 20.6. The largest absolute Gasteiger partial charge is 0.352 e. The third kappa shape index (κ3) is 7.74. The van der Waals surface area contributed by atoms with Gasteiger partial charge in [0.25, 0.3) is 0 Å². The maximum Gasteiger partial charge on any atom is 0.243 e. The Morgan fingerprint density at radius 1 is 1.00 bits per heavy atom. The van der Waals surface area contributed by atoms with Crippen LogP contribution in [0.5, 0.6) is 0 Å². The molecule has 0 radical (unpaired) electrons. The molecule has 2 aromatic rings. The molecule has 0 aromatic heterocycles. The molecule has 31 heavy (non-hydrogen) atoms. The number of nitrogens with zero attached hydrogens (tertiary/aromatic N) is 1. The highest BCUT2D eigenvalue weighted by molar-refractivity contribution is 7.99. The highest BCUT2D eigenvalue weighted by Gasteiger charge is 2.30. The van der Waals surface area contributed by atoms with Crippen LogP contribution in [0.3, 0.4) is 0 Å². The van der Waals surface area contributed by atoms with Gasteiger partial charge in [0.2, 0.25) is 11.8 Å². The Labute approximate surface area is 199 Å².